The number of methoxy groups -OCH3 is 1. The van der Waals surface area contributed by atoms with Crippen molar-refractivity contribution in [1.29, 1.82) is 0 Å². The summed E-state index contributed by atoms with van der Waals surface area (Å²) in [6.07, 6.45) is 0. The number of hydrogen-bond donors (Lipinski definition) is 1. The number of aliphatic hydroxyl groups excluding tert-OH is 1. The molecule has 1 fully saturated rings. The van der Waals surface area contributed by atoms with E-state index >= 15 is 0 Å². The van der Waals surface area contributed by atoms with E-state index < -0.39 is 41.1 Å². The molecule has 0 spiro atoms. The molecule has 0 aliphatic carbocycles. The van der Waals surface area contributed by atoms with Crippen LogP contribution in [0.1, 0.15) is 32.5 Å². The topological polar surface area (TPSA) is 96.8 Å². The molecule has 0 saturated carbocycles. The van der Waals surface area contributed by atoms with Gasteiger partial charge in [0.15, 0.2) is 5.13 Å². The number of ketones is 1. The van der Waals surface area contributed by atoms with Crippen LogP contribution < -0.4 is 4.90 Å². The quantitative estimate of drug-likeness (QED) is 0.266. The maximum absolute atomic E-state index is 14.8. The minimum absolute atomic E-state index is 0.0404. The lowest BCUT2D eigenvalue weighted by Crippen LogP contribution is -2.29. The molecule has 0 radical (unpaired) electrons. The molecule has 0 unspecified atom stereocenters. The second kappa shape index (κ2) is 8.55. The molecule has 1 N–H and O–H groups in total. The van der Waals surface area contributed by atoms with Crippen LogP contribution >= 0.6 is 11.3 Å². The summed E-state index contributed by atoms with van der Waals surface area (Å²) >= 11 is 0.802. The highest BCUT2D eigenvalue weighted by molar-refractivity contribution is 7.17. The van der Waals surface area contributed by atoms with E-state index in [0.29, 0.717) is 0 Å². The SMILES string of the molecule is COC(=O)c1sc(N2C(=O)C(=O)/C(=C(/O)c3ccc(F)cc3)[C@@H]2c2ccccc2F)nc1C. The fourth-order valence-corrected chi connectivity index (χ4v) is 4.56. The lowest BCUT2D eigenvalue weighted by Gasteiger charge is -2.23. The van der Waals surface area contributed by atoms with Crippen LogP contribution in [0.15, 0.2) is 54.1 Å². The van der Waals surface area contributed by atoms with Crippen LogP contribution in [0, 0.1) is 18.6 Å². The minimum atomic E-state index is -1.37. The predicted octanol–water partition coefficient (Wildman–Crippen LogP) is 4.14. The summed E-state index contributed by atoms with van der Waals surface area (Å²) in [4.78, 5) is 43.4. The molecule has 4 rings (SSSR count). The number of nitrogens with zero attached hydrogens (tertiary/aromatic N) is 2. The number of ether oxygens (including phenoxy) is 1. The third kappa shape index (κ3) is 3.78. The van der Waals surface area contributed by atoms with Gasteiger partial charge in [-0.05, 0) is 37.3 Å². The fraction of sp³-hybridized carbons (Fsp3) is 0.130. The van der Waals surface area contributed by atoms with Crippen molar-refractivity contribution in [2.24, 2.45) is 0 Å². The van der Waals surface area contributed by atoms with Crippen molar-refractivity contribution in [3.63, 3.8) is 0 Å². The molecule has 1 aromatic heterocycles. The van der Waals surface area contributed by atoms with Gasteiger partial charge in [0.2, 0.25) is 0 Å². The molecular formula is C23H16F2N2O5S. The van der Waals surface area contributed by atoms with Crippen molar-refractivity contribution in [1.82, 2.24) is 4.98 Å². The molecule has 1 amide bonds. The van der Waals surface area contributed by atoms with Crippen LogP contribution in [0.5, 0.6) is 0 Å². The Kier molecular flexibility index (Phi) is 5.77. The van der Waals surface area contributed by atoms with Crippen molar-refractivity contribution in [2.45, 2.75) is 13.0 Å². The van der Waals surface area contributed by atoms with Gasteiger partial charge in [-0.2, -0.15) is 0 Å². The second-order valence-corrected chi connectivity index (χ2v) is 8.08. The lowest BCUT2D eigenvalue weighted by molar-refractivity contribution is -0.132. The molecule has 2 heterocycles. The predicted molar refractivity (Wildman–Crippen MR) is 116 cm³/mol. The van der Waals surface area contributed by atoms with E-state index in [-0.39, 0.29) is 32.4 Å². The molecule has 168 valence electrons. The van der Waals surface area contributed by atoms with Gasteiger partial charge in [0.25, 0.3) is 5.78 Å². The van der Waals surface area contributed by atoms with Gasteiger partial charge < -0.3 is 9.84 Å². The first-order valence-corrected chi connectivity index (χ1v) is 10.4. The summed E-state index contributed by atoms with van der Waals surface area (Å²) in [5, 5.41) is 10.9. The number of rotatable bonds is 4. The number of carbonyl (C=O) groups excluding carboxylic acids is 3. The Morgan fingerprint density at radius 1 is 1.12 bits per heavy atom. The smallest absolute Gasteiger partial charge is 0.350 e. The number of aliphatic hydroxyl groups is 1. The van der Waals surface area contributed by atoms with Gasteiger partial charge in [0.1, 0.15) is 28.3 Å². The average Bonchev–Trinajstić information content (AvgIpc) is 3.30. The molecule has 7 nitrogen and oxygen atoms in total. The van der Waals surface area contributed by atoms with Crippen LogP contribution in [-0.4, -0.2) is 34.9 Å². The monoisotopic (exact) mass is 470 g/mol. The van der Waals surface area contributed by atoms with E-state index in [0.717, 1.165) is 34.4 Å². The molecule has 10 heteroatoms. The van der Waals surface area contributed by atoms with E-state index in [1.165, 1.54) is 44.4 Å². The van der Waals surface area contributed by atoms with Crippen LogP contribution in [-0.2, 0) is 14.3 Å². The number of anilines is 1. The highest BCUT2D eigenvalue weighted by Crippen LogP contribution is 2.44. The van der Waals surface area contributed by atoms with Crippen LogP contribution in [0.2, 0.25) is 0 Å². The molecule has 1 atom stereocenters. The summed E-state index contributed by atoms with van der Waals surface area (Å²) < 4.78 is 32.9. The van der Waals surface area contributed by atoms with Gasteiger partial charge >= 0.3 is 11.9 Å². The third-order valence-corrected chi connectivity index (χ3v) is 6.26. The zero-order chi connectivity index (χ0) is 23.9. The number of hydrogen-bond acceptors (Lipinski definition) is 7. The molecule has 1 aliphatic heterocycles. The summed E-state index contributed by atoms with van der Waals surface area (Å²) in [7, 11) is 1.19. The van der Waals surface area contributed by atoms with Gasteiger partial charge in [0, 0.05) is 11.1 Å². The first-order chi connectivity index (χ1) is 15.7. The maximum Gasteiger partial charge on any atom is 0.350 e. The zero-order valence-corrected chi connectivity index (χ0v) is 18.2. The number of Topliss-reactive ketones (excluding diaryl/α,β-unsaturated/α-hetero) is 1. The fourth-order valence-electron chi connectivity index (χ4n) is 3.55. The average molecular weight is 470 g/mol. The number of carbonyl (C=O) groups is 3. The number of halogens is 2. The Balaban J connectivity index is 1.95. The van der Waals surface area contributed by atoms with Crippen LogP contribution in [0.25, 0.3) is 5.76 Å². The highest BCUT2D eigenvalue weighted by Gasteiger charge is 2.49. The molecule has 1 aliphatic rings. The normalized spacial score (nSPS) is 17.5. The molecule has 3 aromatic rings. The summed E-state index contributed by atoms with van der Waals surface area (Å²) in [5.74, 6) is -4.69. The van der Waals surface area contributed by atoms with Gasteiger partial charge in [-0.1, -0.05) is 29.5 Å². The molecular weight excluding hydrogens is 454 g/mol. The number of benzene rings is 2. The van der Waals surface area contributed by atoms with Crippen molar-refractivity contribution >= 4 is 39.9 Å². The molecule has 33 heavy (non-hydrogen) atoms. The van der Waals surface area contributed by atoms with Gasteiger partial charge in [-0.15, -0.1) is 0 Å². The zero-order valence-electron chi connectivity index (χ0n) is 17.3. The van der Waals surface area contributed by atoms with E-state index in [4.69, 9.17) is 4.74 Å². The first-order valence-electron chi connectivity index (χ1n) is 9.61. The highest BCUT2D eigenvalue weighted by atomic mass is 32.1. The Morgan fingerprint density at radius 2 is 1.79 bits per heavy atom. The number of aromatic nitrogens is 1. The summed E-state index contributed by atoms with van der Waals surface area (Å²) in [6, 6.07) is 8.74. The number of amides is 1. The first kappa shape index (κ1) is 22.3. The third-order valence-electron chi connectivity index (χ3n) is 5.12. The van der Waals surface area contributed by atoms with Crippen molar-refractivity contribution in [3.05, 3.63) is 87.4 Å². The number of thiazole rings is 1. The van der Waals surface area contributed by atoms with Gasteiger partial charge in [-0.25, -0.2) is 18.6 Å². The Labute approximate surface area is 190 Å². The van der Waals surface area contributed by atoms with Crippen LogP contribution in [0.3, 0.4) is 0 Å². The van der Waals surface area contributed by atoms with E-state index in [1.807, 2.05) is 0 Å². The largest absolute Gasteiger partial charge is 0.507 e. The second-order valence-electron chi connectivity index (χ2n) is 7.10. The van der Waals surface area contributed by atoms with Crippen molar-refractivity contribution in [3.8, 4) is 0 Å². The Morgan fingerprint density at radius 3 is 2.42 bits per heavy atom. The van der Waals surface area contributed by atoms with Crippen molar-refractivity contribution in [2.75, 3.05) is 12.0 Å². The number of esters is 1. The lowest BCUT2D eigenvalue weighted by atomic mass is 9.95. The maximum atomic E-state index is 14.8. The van der Waals surface area contributed by atoms with Crippen LogP contribution in [0.4, 0.5) is 13.9 Å². The molecule has 0 bridgehead atoms. The van der Waals surface area contributed by atoms with E-state index in [2.05, 4.69) is 4.98 Å². The standard InChI is InChI=1S/C23H16F2N2O5S/c1-11-20(22(31)32-2)33-23(26-11)27-17(14-5-3-4-6-15(14)25)16(19(29)21(27)30)18(28)12-7-9-13(24)10-8-12/h3-10,17,28H,1-2H3/b18-16+/t17-/m0/s1. The van der Waals surface area contributed by atoms with Gasteiger partial charge in [0.05, 0.1) is 18.4 Å². The summed E-state index contributed by atoms with van der Waals surface area (Å²) in [6.45, 7) is 1.53. The summed E-state index contributed by atoms with van der Waals surface area (Å²) in [5.41, 5.74) is -0.118. The Hall–Kier alpha value is -3.92. The van der Waals surface area contributed by atoms with Crippen molar-refractivity contribution < 1.29 is 33.0 Å². The van der Waals surface area contributed by atoms with E-state index in [1.54, 1.807) is 0 Å². The minimum Gasteiger partial charge on any atom is -0.507 e. The number of aryl methyl sites for hydroxylation is 1. The van der Waals surface area contributed by atoms with E-state index in [9.17, 15) is 28.3 Å². The Bertz CT molecular complexity index is 1320. The van der Waals surface area contributed by atoms with Gasteiger partial charge in [-0.3, -0.25) is 14.5 Å². The molecule has 2 aromatic carbocycles. The molecule has 1 saturated heterocycles.